The van der Waals surface area contributed by atoms with Gasteiger partial charge in [-0.25, -0.2) is 19.6 Å². The molecule has 0 unspecified atom stereocenters. The number of aryl methyl sites for hydroxylation is 1. The van der Waals surface area contributed by atoms with Gasteiger partial charge < -0.3 is 45.8 Å². The minimum atomic E-state index is -0.697. The molecule has 346 valence electrons. The third kappa shape index (κ3) is 12.7. The summed E-state index contributed by atoms with van der Waals surface area (Å²) >= 11 is 0. The van der Waals surface area contributed by atoms with Crippen LogP contribution < -0.4 is 26.8 Å². The van der Waals surface area contributed by atoms with Crippen LogP contribution in [0, 0.1) is 11.8 Å². The van der Waals surface area contributed by atoms with E-state index in [1.54, 1.807) is 12.0 Å². The first kappa shape index (κ1) is 47.7. The SMILES string of the molecule is CCCCCCc1nc(N)nc2ccn(Cc3ccc(CN4CC5(C4)CN(C(=O)OCc4ccc(CC(=O)[C@H](CCCNC(N)=O)NC(=O)[C@@H](C)C(C)C)cc4)CCO5)cc3OC)c12. The smallest absolute Gasteiger partial charge is 0.410 e. The lowest BCUT2D eigenvalue weighted by Crippen LogP contribution is -2.70. The number of benzene rings is 2. The van der Waals surface area contributed by atoms with Crippen LogP contribution in [0.15, 0.2) is 54.7 Å². The summed E-state index contributed by atoms with van der Waals surface area (Å²) in [5.41, 5.74) is 17.4. The molecular weight excluding hydrogens is 815 g/mol. The molecule has 2 aliphatic heterocycles. The van der Waals surface area contributed by atoms with E-state index in [0.29, 0.717) is 64.7 Å². The Morgan fingerprint density at radius 3 is 2.39 bits per heavy atom. The Bertz CT molecular complexity index is 2220. The molecule has 0 radical (unpaired) electrons. The predicted molar refractivity (Wildman–Crippen MR) is 246 cm³/mol. The molecule has 0 aliphatic carbocycles. The number of urea groups is 1. The Morgan fingerprint density at radius 2 is 1.67 bits per heavy atom. The zero-order valence-electron chi connectivity index (χ0n) is 38.2. The highest BCUT2D eigenvalue weighted by atomic mass is 16.6. The van der Waals surface area contributed by atoms with E-state index in [1.807, 2.05) is 57.3 Å². The number of nitrogen functional groups attached to an aromatic ring is 1. The van der Waals surface area contributed by atoms with Crippen molar-refractivity contribution in [3.8, 4) is 5.75 Å². The summed E-state index contributed by atoms with van der Waals surface area (Å²) in [6.07, 6.45) is 8.08. The summed E-state index contributed by atoms with van der Waals surface area (Å²) in [4.78, 5) is 63.8. The van der Waals surface area contributed by atoms with Crippen LogP contribution in [0.2, 0.25) is 0 Å². The number of nitrogens with two attached hydrogens (primary N) is 2. The number of rotatable bonds is 22. The van der Waals surface area contributed by atoms with Crippen molar-refractivity contribution in [1.29, 1.82) is 0 Å². The number of methoxy groups -OCH3 is 1. The average molecular weight is 882 g/mol. The number of ketones is 1. The van der Waals surface area contributed by atoms with Crippen molar-refractivity contribution in [3.05, 3.63) is 82.7 Å². The predicted octanol–water partition coefficient (Wildman–Crippen LogP) is 5.75. The van der Waals surface area contributed by atoms with Gasteiger partial charge in [0.2, 0.25) is 11.9 Å². The summed E-state index contributed by atoms with van der Waals surface area (Å²) in [7, 11) is 1.70. The molecule has 4 heterocycles. The van der Waals surface area contributed by atoms with Gasteiger partial charge in [0.05, 0.1) is 49.6 Å². The van der Waals surface area contributed by atoms with Gasteiger partial charge in [0.1, 0.15) is 18.0 Å². The van der Waals surface area contributed by atoms with Crippen LogP contribution in [-0.2, 0) is 51.6 Å². The van der Waals surface area contributed by atoms with E-state index in [9.17, 15) is 19.2 Å². The molecule has 16 heteroatoms. The van der Waals surface area contributed by atoms with Gasteiger partial charge in [0.25, 0.3) is 0 Å². The molecule has 6 rings (SSSR count). The summed E-state index contributed by atoms with van der Waals surface area (Å²) in [5, 5.41) is 5.45. The topological polar surface area (TPSA) is 209 Å². The molecule has 2 saturated heterocycles. The number of amides is 4. The number of carbonyl (C=O) groups is 4. The van der Waals surface area contributed by atoms with Gasteiger partial charge in [-0.2, -0.15) is 0 Å². The van der Waals surface area contributed by atoms with Crippen LogP contribution in [0.1, 0.15) is 94.2 Å². The molecule has 6 N–H and O–H groups in total. The summed E-state index contributed by atoms with van der Waals surface area (Å²) in [6, 6.07) is 14.4. The minimum absolute atomic E-state index is 0.0865. The van der Waals surface area contributed by atoms with E-state index in [0.717, 1.165) is 70.5 Å². The molecular formula is C48H67N9O7. The average Bonchev–Trinajstić information content (AvgIpc) is 3.67. The van der Waals surface area contributed by atoms with Gasteiger partial charge in [-0.05, 0) is 60.4 Å². The second-order valence-electron chi connectivity index (χ2n) is 17.8. The number of Topliss-reactive ketones (excluding diaryl/α,β-unsaturated/α-hetero) is 1. The van der Waals surface area contributed by atoms with Crippen LogP contribution in [0.4, 0.5) is 15.5 Å². The number of primary amides is 1. The lowest BCUT2D eigenvalue weighted by molar-refractivity contribution is -0.181. The Labute approximate surface area is 376 Å². The maximum absolute atomic E-state index is 13.4. The quantitative estimate of drug-likeness (QED) is 0.0699. The standard InChI is InChI=1S/C48H67N9O7/c1-6-7-8-9-11-39-43-40(54-45(49)53-39)19-21-56(43)27-37-18-17-36(25-42(37)62-5)26-55-29-48(30-55)31-57(22-23-64-48)47(61)63-28-35-15-13-34(14-16-35)24-41(58)38(12-10-20-51-46(50)60)52-44(59)33(4)32(2)3/h13-19,21,25,32-33,38H,6-12,20,22-24,26-31H2,1-5H3,(H,52,59)(H2,49,53,54)(H3,50,51,60)/t33-,38-/m0/s1. The number of nitrogens with one attached hydrogen (secondary N) is 2. The van der Waals surface area contributed by atoms with E-state index in [2.05, 4.69) is 55.2 Å². The number of carbonyl (C=O) groups excluding carboxylic acids is 4. The largest absolute Gasteiger partial charge is 0.496 e. The number of hydrogen-bond acceptors (Lipinski definition) is 11. The Kier molecular flexibility index (Phi) is 16.6. The number of nitrogens with zero attached hydrogens (tertiary/aromatic N) is 5. The monoisotopic (exact) mass is 882 g/mol. The number of ether oxygens (including phenoxy) is 3. The van der Waals surface area contributed by atoms with Crippen molar-refractivity contribution in [2.75, 3.05) is 52.2 Å². The highest BCUT2D eigenvalue weighted by Crippen LogP contribution is 2.32. The third-order valence-electron chi connectivity index (χ3n) is 12.4. The molecule has 4 aromatic rings. The number of unbranched alkanes of at least 4 members (excludes halogenated alkanes) is 3. The third-order valence-corrected chi connectivity index (χ3v) is 12.4. The molecule has 4 amide bonds. The molecule has 2 aromatic carbocycles. The fourth-order valence-corrected chi connectivity index (χ4v) is 8.51. The molecule has 2 aromatic heterocycles. The molecule has 2 fully saturated rings. The van der Waals surface area contributed by atoms with Crippen molar-refractivity contribution < 1.29 is 33.4 Å². The Balaban J connectivity index is 0.973. The molecule has 0 saturated carbocycles. The van der Waals surface area contributed by atoms with Gasteiger partial charge in [0, 0.05) is 56.8 Å². The van der Waals surface area contributed by atoms with Gasteiger partial charge in [-0.3, -0.25) is 14.5 Å². The number of anilines is 1. The van der Waals surface area contributed by atoms with Crippen LogP contribution in [0.3, 0.4) is 0 Å². The van der Waals surface area contributed by atoms with Crippen molar-refractivity contribution in [2.45, 2.75) is 110 Å². The van der Waals surface area contributed by atoms with Crippen molar-refractivity contribution in [2.24, 2.45) is 17.6 Å². The number of likely N-dealkylation sites (tertiary alicyclic amines) is 1. The number of fused-ring (bicyclic) bond motifs is 1. The van der Waals surface area contributed by atoms with Gasteiger partial charge in [-0.15, -0.1) is 0 Å². The molecule has 64 heavy (non-hydrogen) atoms. The summed E-state index contributed by atoms with van der Waals surface area (Å²) in [6.45, 7) is 12.4. The maximum Gasteiger partial charge on any atom is 0.410 e. The number of morpholine rings is 1. The second kappa shape index (κ2) is 22.2. The van der Waals surface area contributed by atoms with Crippen LogP contribution >= 0.6 is 0 Å². The van der Waals surface area contributed by atoms with Crippen LogP contribution in [-0.4, -0.2) is 106 Å². The second-order valence-corrected chi connectivity index (χ2v) is 17.8. The molecule has 2 atom stereocenters. The van der Waals surface area contributed by atoms with E-state index in [4.69, 9.17) is 25.7 Å². The number of hydrogen-bond donors (Lipinski definition) is 4. The summed E-state index contributed by atoms with van der Waals surface area (Å²) in [5.74, 6) is 0.678. The van der Waals surface area contributed by atoms with Gasteiger partial charge >= 0.3 is 12.1 Å². The summed E-state index contributed by atoms with van der Waals surface area (Å²) < 4.78 is 20.1. The highest BCUT2D eigenvalue weighted by molar-refractivity contribution is 5.91. The maximum atomic E-state index is 13.4. The van der Waals surface area contributed by atoms with E-state index in [-0.39, 0.29) is 36.6 Å². The van der Waals surface area contributed by atoms with Crippen LogP contribution in [0.5, 0.6) is 5.75 Å². The Morgan fingerprint density at radius 1 is 0.922 bits per heavy atom. The zero-order chi connectivity index (χ0) is 45.8. The van der Waals surface area contributed by atoms with Gasteiger partial charge in [0.15, 0.2) is 5.78 Å². The first-order valence-corrected chi connectivity index (χ1v) is 22.8. The fourth-order valence-electron chi connectivity index (χ4n) is 8.51. The Hall–Kier alpha value is -5.74. The van der Waals surface area contributed by atoms with Crippen molar-refractivity contribution in [3.63, 3.8) is 0 Å². The first-order chi connectivity index (χ1) is 30.8. The lowest BCUT2D eigenvalue weighted by Gasteiger charge is -2.53. The minimum Gasteiger partial charge on any atom is -0.496 e. The van der Waals surface area contributed by atoms with Crippen molar-refractivity contribution in [1.82, 2.24) is 35.0 Å². The molecule has 1 spiro atoms. The van der Waals surface area contributed by atoms with Gasteiger partial charge in [-0.1, -0.05) is 83.4 Å². The molecule has 16 nitrogen and oxygen atoms in total. The lowest BCUT2D eigenvalue weighted by atomic mass is 9.91. The zero-order valence-corrected chi connectivity index (χ0v) is 38.2. The van der Waals surface area contributed by atoms with Crippen LogP contribution in [0.25, 0.3) is 11.0 Å². The van der Waals surface area contributed by atoms with E-state index >= 15 is 0 Å². The fraction of sp³-hybridized carbons (Fsp3) is 0.542. The van der Waals surface area contributed by atoms with E-state index in [1.165, 1.54) is 12.8 Å². The highest BCUT2D eigenvalue weighted by Gasteiger charge is 2.48. The normalized spacial score (nSPS) is 15.8. The molecule has 0 bridgehead atoms. The van der Waals surface area contributed by atoms with Crippen molar-refractivity contribution >= 4 is 40.8 Å². The molecule has 2 aliphatic rings. The first-order valence-electron chi connectivity index (χ1n) is 22.8. The number of aromatic nitrogens is 3. The van der Waals surface area contributed by atoms with E-state index < -0.39 is 23.8 Å².